The van der Waals surface area contributed by atoms with E-state index in [0.29, 0.717) is 11.5 Å². The molecule has 0 saturated carbocycles. The predicted molar refractivity (Wildman–Crippen MR) is 52.6 cm³/mol. The highest BCUT2D eigenvalue weighted by Gasteiger charge is 2.06. The fraction of sp³-hybridized carbons (Fsp3) is 0.222. The molecule has 70 valence electrons. The number of ether oxygens (including phenoxy) is 1. The summed E-state index contributed by atoms with van der Waals surface area (Å²) in [7, 11) is 1.54. The van der Waals surface area contributed by atoms with E-state index in [-0.39, 0.29) is 5.56 Å². The minimum Gasteiger partial charge on any atom is -0.496 e. The molecule has 4 heteroatoms. The first-order valence-electron chi connectivity index (χ1n) is 3.70. The van der Waals surface area contributed by atoms with Crippen LogP contribution in [-0.2, 0) is 5.75 Å². The average Bonchev–Trinajstić information content (AvgIpc) is 2.16. The van der Waals surface area contributed by atoms with E-state index < -0.39 is 5.97 Å². The van der Waals surface area contributed by atoms with Crippen molar-refractivity contribution >= 4 is 18.6 Å². The van der Waals surface area contributed by atoms with Crippen molar-refractivity contribution < 1.29 is 14.6 Å². The number of aromatic carboxylic acids is 1. The summed E-state index contributed by atoms with van der Waals surface area (Å²) >= 11 is 4.08. The largest absolute Gasteiger partial charge is 0.496 e. The van der Waals surface area contributed by atoms with E-state index in [0.717, 1.165) is 5.56 Å². The number of carboxylic acids is 1. The van der Waals surface area contributed by atoms with Gasteiger partial charge in [0.15, 0.2) is 0 Å². The zero-order valence-electron chi connectivity index (χ0n) is 7.15. The summed E-state index contributed by atoms with van der Waals surface area (Å²) in [6.45, 7) is 0. The minimum absolute atomic E-state index is 0.254. The molecule has 13 heavy (non-hydrogen) atoms. The average molecular weight is 198 g/mol. The van der Waals surface area contributed by atoms with Gasteiger partial charge in [-0.3, -0.25) is 0 Å². The zero-order valence-corrected chi connectivity index (χ0v) is 8.04. The smallest absolute Gasteiger partial charge is 0.335 e. The fourth-order valence-electron chi connectivity index (χ4n) is 1.04. The predicted octanol–water partition coefficient (Wildman–Crippen LogP) is 1.82. The Balaban J connectivity index is 3.13. The van der Waals surface area contributed by atoms with Crippen LogP contribution >= 0.6 is 12.6 Å². The minimum atomic E-state index is -0.939. The van der Waals surface area contributed by atoms with E-state index in [4.69, 9.17) is 9.84 Å². The number of carbonyl (C=O) groups is 1. The van der Waals surface area contributed by atoms with E-state index in [2.05, 4.69) is 12.6 Å². The van der Waals surface area contributed by atoms with Gasteiger partial charge in [0.25, 0.3) is 0 Å². The molecule has 0 unspecified atom stereocenters. The van der Waals surface area contributed by atoms with Crippen molar-refractivity contribution in [3.63, 3.8) is 0 Å². The Morgan fingerprint density at radius 2 is 2.31 bits per heavy atom. The van der Waals surface area contributed by atoms with Gasteiger partial charge < -0.3 is 9.84 Å². The number of carboxylic acid groups (broad SMARTS) is 1. The molecule has 1 aromatic carbocycles. The Morgan fingerprint density at radius 3 is 2.77 bits per heavy atom. The van der Waals surface area contributed by atoms with Crippen LogP contribution in [0.3, 0.4) is 0 Å². The van der Waals surface area contributed by atoms with Gasteiger partial charge in [0.05, 0.1) is 12.7 Å². The van der Waals surface area contributed by atoms with Crippen LogP contribution in [0.15, 0.2) is 18.2 Å². The van der Waals surface area contributed by atoms with Gasteiger partial charge in [-0.1, -0.05) is 0 Å². The molecule has 3 nitrogen and oxygen atoms in total. The molecule has 0 aromatic heterocycles. The summed E-state index contributed by atoms with van der Waals surface area (Å²) in [5.41, 5.74) is 1.04. The van der Waals surface area contributed by atoms with Crippen molar-refractivity contribution in [2.24, 2.45) is 0 Å². The molecule has 1 N–H and O–H groups in total. The Kier molecular flexibility index (Phi) is 3.19. The summed E-state index contributed by atoms with van der Waals surface area (Å²) in [6.07, 6.45) is 0. The van der Waals surface area contributed by atoms with Gasteiger partial charge in [-0.25, -0.2) is 4.79 Å². The van der Waals surface area contributed by atoms with Gasteiger partial charge in [-0.05, 0) is 18.2 Å². The maximum atomic E-state index is 10.6. The lowest BCUT2D eigenvalue weighted by atomic mass is 10.1. The molecule has 0 spiro atoms. The van der Waals surface area contributed by atoms with Crippen LogP contribution in [0.4, 0.5) is 0 Å². The van der Waals surface area contributed by atoms with Crippen molar-refractivity contribution in [1.29, 1.82) is 0 Å². The Morgan fingerprint density at radius 1 is 1.62 bits per heavy atom. The van der Waals surface area contributed by atoms with E-state index >= 15 is 0 Å². The van der Waals surface area contributed by atoms with Gasteiger partial charge in [-0.15, -0.1) is 0 Å². The highest BCUT2D eigenvalue weighted by molar-refractivity contribution is 7.79. The van der Waals surface area contributed by atoms with Crippen molar-refractivity contribution in [3.05, 3.63) is 29.3 Å². The standard InChI is InChI=1S/C9H10O3S/c1-12-8-3-2-6(9(10)11)4-7(8)5-13/h2-4,13H,5H2,1H3,(H,10,11). The second kappa shape index (κ2) is 4.18. The molecular formula is C9H10O3S. The van der Waals surface area contributed by atoms with E-state index in [1.54, 1.807) is 19.2 Å². The lowest BCUT2D eigenvalue weighted by Gasteiger charge is -2.06. The SMILES string of the molecule is COc1ccc(C(=O)O)cc1CS. The van der Waals surface area contributed by atoms with Crippen LogP contribution in [0, 0.1) is 0 Å². The molecule has 0 atom stereocenters. The van der Waals surface area contributed by atoms with Crippen LogP contribution in [-0.4, -0.2) is 18.2 Å². The van der Waals surface area contributed by atoms with Crippen molar-refractivity contribution in [2.45, 2.75) is 5.75 Å². The molecule has 0 aliphatic rings. The van der Waals surface area contributed by atoms with Gasteiger partial charge >= 0.3 is 5.97 Å². The third-order valence-corrected chi connectivity index (χ3v) is 2.04. The van der Waals surface area contributed by atoms with E-state index in [1.807, 2.05) is 0 Å². The lowest BCUT2D eigenvalue weighted by Crippen LogP contribution is -1.98. The fourth-order valence-corrected chi connectivity index (χ4v) is 1.28. The highest BCUT2D eigenvalue weighted by atomic mass is 32.1. The van der Waals surface area contributed by atoms with Gasteiger partial charge in [0, 0.05) is 11.3 Å². The second-order valence-corrected chi connectivity index (χ2v) is 2.81. The second-order valence-electron chi connectivity index (χ2n) is 2.49. The summed E-state index contributed by atoms with van der Waals surface area (Å²) < 4.78 is 5.03. The summed E-state index contributed by atoms with van der Waals surface area (Å²) in [4.78, 5) is 10.6. The van der Waals surface area contributed by atoms with Crippen molar-refractivity contribution in [2.75, 3.05) is 7.11 Å². The van der Waals surface area contributed by atoms with Crippen molar-refractivity contribution in [3.8, 4) is 5.75 Å². The molecule has 0 saturated heterocycles. The van der Waals surface area contributed by atoms with Crippen LogP contribution in [0.1, 0.15) is 15.9 Å². The first-order chi connectivity index (χ1) is 6.19. The lowest BCUT2D eigenvalue weighted by molar-refractivity contribution is 0.0697. The summed E-state index contributed by atoms with van der Waals surface area (Å²) in [5.74, 6) is 0.190. The number of benzene rings is 1. The number of hydrogen-bond acceptors (Lipinski definition) is 3. The number of hydrogen-bond donors (Lipinski definition) is 2. The molecule has 1 aromatic rings. The third kappa shape index (κ3) is 2.15. The zero-order chi connectivity index (χ0) is 9.84. The molecule has 0 aliphatic carbocycles. The summed E-state index contributed by atoms with van der Waals surface area (Å²) in [6, 6.07) is 4.71. The van der Waals surface area contributed by atoms with E-state index in [9.17, 15) is 4.79 Å². The molecule has 0 fully saturated rings. The molecule has 0 aliphatic heterocycles. The maximum Gasteiger partial charge on any atom is 0.335 e. The first kappa shape index (κ1) is 9.92. The Hall–Kier alpha value is -1.16. The van der Waals surface area contributed by atoms with Crippen LogP contribution in [0.25, 0.3) is 0 Å². The van der Waals surface area contributed by atoms with Gasteiger partial charge in [-0.2, -0.15) is 12.6 Å². The molecule has 1 rings (SSSR count). The molecule has 0 heterocycles. The Bertz CT molecular complexity index is 323. The molecule has 0 bridgehead atoms. The number of thiol groups is 1. The van der Waals surface area contributed by atoms with Crippen LogP contribution < -0.4 is 4.74 Å². The Labute approximate surface area is 81.8 Å². The van der Waals surface area contributed by atoms with Crippen LogP contribution in [0.5, 0.6) is 5.75 Å². The quantitative estimate of drug-likeness (QED) is 0.728. The topological polar surface area (TPSA) is 46.5 Å². The van der Waals surface area contributed by atoms with Crippen LogP contribution in [0.2, 0.25) is 0 Å². The molecule has 0 amide bonds. The van der Waals surface area contributed by atoms with Gasteiger partial charge in [0.1, 0.15) is 5.75 Å². The van der Waals surface area contributed by atoms with Gasteiger partial charge in [0.2, 0.25) is 0 Å². The molecule has 0 radical (unpaired) electrons. The normalized spacial score (nSPS) is 9.69. The summed E-state index contributed by atoms with van der Waals surface area (Å²) in [5, 5.41) is 8.70. The monoisotopic (exact) mass is 198 g/mol. The number of methoxy groups -OCH3 is 1. The first-order valence-corrected chi connectivity index (χ1v) is 4.33. The van der Waals surface area contributed by atoms with E-state index in [1.165, 1.54) is 6.07 Å². The number of rotatable bonds is 3. The molecular weight excluding hydrogens is 188 g/mol. The highest BCUT2D eigenvalue weighted by Crippen LogP contribution is 2.21. The maximum absolute atomic E-state index is 10.6. The van der Waals surface area contributed by atoms with Crippen molar-refractivity contribution in [1.82, 2.24) is 0 Å². The third-order valence-electron chi connectivity index (χ3n) is 1.70.